The molecule has 0 saturated carbocycles. The lowest BCUT2D eigenvalue weighted by Gasteiger charge is -2.21. The molecule has 1 fully saturated rings. The van der Waals surface area contributed by atoms with Crippen molar-refractivity contribution in [1.82, 2.24) is 10.2 Å². The molecule has 1 aliphatic rings. The molecular formula is C17H26N2O2. The Morgan fingerprint density at radius 2 is 1.81 bits per heavy atom. The molecule has 1 heterocycles. The van der Waals surface area contributed by atoms with Gasteiger partial charge in [0.1, 0.15) is 6.10 Å². The van der Waals surface area contributed by atoms with Gasteiger partial charge >= 0.3 is 0 Å². The predicted octanol–water partition coefficient (Wildman–Crippen LogP) is 2.06. The Labute approximate surface area is 127 Å². The molecule has 1 aromatic carbocycles. The summed E-state index contributed by atoms with van der Waals surface area (Å²) in [5.74, 6) is -0.320. The molecule has 2 rings (SSSR count). The summed E-state index contributed by atoms with van der Waals surface area (Å²) in [6, 6.07) is 8.23. The fourth-order valence-corrected chi connectivity index (χ4v) is 2.75. The number of nitrogens with one attached hydrogen (secondary N) is 1. The fraction of sp³-hybridized carbons (Fsp3) is 0.588. The zero-order chi connectivity index (χ0) is 15.1. The maximum absolute atomic E-state index is 11.5. The molecule has 4 nitrogen and oxygen atoms in total. The lowest BCUT2D eigenvalue weighted by molar-refractivity contribution is -0.128. The fourth-order valence-electron chi connectivity index (χ4n) is 2.75. The number of likely N-dealkylation sites (tertiary alicyclic amines) is 1. The molecule has 1 aliphatic heterocycles. The van der Waals surface area contributed by atoms with Crippen molar-refractivity contribution < 1.29 is 9.90 Å². The first-order chi connectivity index (χ1) is 10.2. The molecule has 2 N–H and O–H groups in total. The van der Waals surface area contributed by atoms with Gasteiger partial charge in [-0.05, 0) is 44.0 Å². The first kappa shape index (κ1) is 16.0. The van der Waals surface area contributed by atoms with E-state index in [0.29, 0.717) is 6.54 Å². The van der Waals surface area contributed by atoms with Crippen molar-refractivity contribution in [2.24, 2.45) is 0 Å². The van der Waals surface area contributed by atoms with E-state index >= 15 is 0 Å². The maximum atomic E-state index is 11.5. The number of nitrogens with zero attached hydrogens (tertiary/aromatic N) is 1. The van der Waals surface area contributed by atoms with Gasteiger partial charge in [-0.1, -0.05) is 37.1 Å². The highest BCUT2D eigenvalue weighted by Crippen LogP contribution is 2.16. The Morgan fingerprint density at radius 3 is 2.43 bits per heavy atom. The average Bonchev–Trinajstić information content (AvgIpc) is 2.74. The number of rotatable bonds is 5. The van der Waals surface area contributed by atoms with Crippen molar-refractivity contribution in [3.05, 3.63) is 35.4 Å². The third-order valence-corrected chi connectivity index (χ3v) is 4.04. The molecule has 1 saturated heterocycles. The summed E-state index contributed by atoms with van der Waals surface area (Å²) in [6.07, 6.45) is 4.27. The molecule has 1 amide bonds. The summed E-state index contributed by atoms with van der Waals surface area (Å²) in [5.41, 5.74) is 2.40. The van der Waals surface area contributed by atoms with Gasteiger partial charge in [0.25, 0.3) is 0 Å². The second-order valence-electron chi connectivity index (χ2n) is 5.85. The van der Waals surface area contributed by atoms with Crippen molar-refractivity contribution in [1.29, 1.82) is 0 Å². The van der Waals surface area contributed by atoms with Crippen LogP contribution < -0.4 is 5.32 Å². The van der Waals surface area contributed by atoms with Gasteiger partial charge in [-0.15, -0.1) is 0 Å². The number of aliphatic hydroxyl groups is 1. The van der Waals surface area contributed by atoms with Gasteiger partial charge in [0.05, 0.1) is 0 Å². The van der Waals surface area contributed by atoms with Gasteiger partial charge in [0.2, 0.25) is 5.91 Å². The van der Waals surface area contributed by atoms with Crippen LogP contribution in [0.25, 0.3) is 0 Å². The summed E-state index contributed by atoms with van der Waals surface area (Å²) in [4.78, 5) is 14.0. The molecule has 0 radical (unpaired) electrons. The van der Waals surface area contributed by atoms with Crippen LogP contribution in [-0.4, -0.2) is 35.1 Å². The van der Waals surface area contributed by atoms with Crippen molar-refractivity contribution in [3.63, 3.8) is 0 Å². The normalized spacial score (nSPS) is 18.0. The van der Waals surface area contributed by atoms with Crippen LogP contribution in [0.5, 0.6) is 0 Å². The number of hydrogen-bond acceptors (Lipinski definition) is 3. The Kier molecular flexibility index (Phi) is 6.21. The van der Waals surface area contributed by atoms with E-state index in [-0.39, 0.29) is 5.91 Å². The molecule has 1 atom stereocenters. The molecule has 4 heteroatoms. The molecule has 1 unspecified atom stereocenters. The molecule has 0 aliphatic carbocycles. The molecule has 0 aromatic heterocycles. The van der Waals surface area contributed by atoms with Crippen LogP contribution in [0.4, 0.5) is 0 Å². The largest absolute Gasteiger partial charge is 0.384 e. The van der Waals surface area contributed by atoms with Gasteiger partial charge in [-0.3, -0.25) is 9.69 Å². The highest BCUT2D eigenvalue weighted by atomic mass is 16.3. The third-order valence-electron chi connectivity index (χ3n) is 4.04. The lowest BCUT2D eigenvalue weighted by atomic mass is 10.1. The second kappa shape index (κ2) is 8.15. The summed E-state index contributed by atoms with van der Waals surface area (Å²) in [6.45, 7) is 5.23. The van der Waals surface area contributed by atoms with Crippen molar-refractivity contribution in [3.8, 4) is 0 Å². The maximum Gasteiger partial charge on any atom is 0.248 e. The molecular weight excluding hydrogens is 264 g/mol. The third kappa shape index (κ3) is 5.14. The van der Waals surface area contributed by atoms with Crippen LogP contribution >= 0.6 is 0 Å². The van der Waals surface area contributed by atoms with Gasteiger partial charge < -0.3 is 10.4 Å². The Bertz CT molecular complexity index is 452. The quantitative estimate of drug-likeness (QED) is 0.873. The number of carbonyl (C=O) groups excluding carboxylic acids is 1. The van der Waals surface area contributed by atoms with Crippen molar-refractivity contribution in [2.45, 2.75) is 51.8 Å². The number of hydrogen-bond donors (Lipinski definition) is 2. The highest BCUT2D eigenvalue weighted by molar-refractivity contribution is 5.79. The summed E-state index contributed by atoms with van der Waals surface area (Å²) >= 11 is 0. The van der Waals surface area contributed by atoms with Gasteiger partial charge in [0, 0.05) is 13.1 Å². The van der Waals surface area contributed by atoms with E-state index < -0.39 is 6.10 Å². The predicted molar refractivity (Wildman–Crippen MR) is 83.7 cm³/mol. The van der Waals surface area contributed by atoms with Crippen LogP contribution in [0.15, 0.2) is 24.3 Å². The highest BCUT2D eigenvalue weighted by Gasteiger charge is 2.13. The zero-order valence-electron chi connectivity index (χ0n) is 12.8. The van der Waals surface area contributed by atoms with Crippen LogP contribution in [0.1, 0.15) is 43.7 Å². The number of aliphatic hydroxyl groups excluding tert-OH is 1. The smallest absolute Gasteiger partial charge is 0.248 e. The summed E-state index contributed by atoms with van der Waals surface area (Å²) in [5, 5.41) is 12.0. The number of benzene rings is 1. The SMILES string of the molecule is CC(O)C(=O)NCc1ccccc1CN1CCCCCC1. The van der Waals surface area contributed by atoms with E-state index in [4.69, 9.17) is 0 Å². The Balaban J connectivity index is 1.97. The second-order valence-corrected chi connectivity index (χ2v) is 5.85. The van der Waals surface area contributed by atoms with Crippen LogP contribution in [0.3, 0.4) is 0 Å². The van der Waals surface area contributed by atoms with Gasteiger partial charge in [0.15, 0.2) is 0 Å². The van der Waals surface area contributed by atoms with E-state index in [0.717, 1.165) is 25.2 Å². The molecule has 116 valence electrons. The average molecular weight is 290 g/mol. The minimum Gasteiger partial charge on any atom is -0.384 e. The van der Waals surface area contributed by atoms with E-state index in [1.54, 1.807) is 0 Å². The molecule has 0 bridgehead atoms. The van der Waals surface area contributed by atoms with Crippen molar-refractivity contribution >= 4 is 5.91 Å². The lowest BCUT2D eigenvalue weighted by Crippen LogP contribution is -2.32. The minimum atomic E-state index is -0.956. The van der Waals surface area contributed by atoms with Crippen LogP contribution in [0, 0.1) is 0 Å². The Morgan fingerprint density at radius 1 is 1.19 bits per heavy atom. The minimum absolute atomic E-state index is 0.320. The van der Waals surface area contributed by atoms with Crippen LogP contribution in [-0.2, 0) is 17.9 Å². The Hall–Kier alpha value is -1.39. The molecule has 21 heavy (non-hydrogen) atoms. The summed E-state index contributed by atoms with van der Waals surface area (Å²) < 4.78 is 0. The first-order valence-electron chi connectivity index (χ1n) is 7.92. The van der Waals surface area contributed by atoms with E-state index in [2.05, 4.69) is 22.3 Å². The molecule has 1 aromatic rings. The standard InChI is InChI=1S/C17H26N2O2/c1-14(20)17(21)18-12-15-8-4-5-9-16(15)13-19-10-6-2-3-7-11-19/h4-5,8-9,14,20H,2-3,6-7,10-13H2,1H3,(H,18,21). The van der Waals surface area contributed by atoms with E-state index in [1.165, 1.54) is 38.2 Å². The number of carbonyl (C=O) groups is 1. The number of amides is 1. The first-order valence-corrected chi connectivity index (χ1v) is 7.92. The van der Waals surface area contributed by atoms with Gasteiger partial charge in [-0.25, -0.2) is 0 Å². The molecule has 0 spiro atoms. The zero-order valence-corrected chi connectivity index (χ0v) is 12.8. The van der Waals surface area contributed by atoms with E-state index in [1.807, 2.05) is 12.1 Å². The topological polar surface area (TPSA) is 52.6 Å². The van der Waals surface area contributed by atoms with Gasteiger partial charge in [-0.2, -0.15) is 0 Å². The monoisotopic (exact) mass is 290 g/mol. The van der Waals surface area contributed by atoms with Crippen LogP contribution in [0.2, 0.25) is 0 Å². The van der Waals surface area contributed by atoms with Crippen molar-refractivity contribution in [2.75, 3.05) is 13.1 Å². The van der Waals surface area contributed by atoms with E-state index in [9.17, 15) is 9.90 Å². The summed E-state index contributed by atoms with van der Waals surface area (Å²) in [7, 11) is 0.